The lowest BCUT2D eigenvalue weighted by Gasteiger charge is -2.26. The van der Waals surface area contributed by atoms with Crippen molar-refractivity contribution in [2.24, 2.45) is 0 Å². The van der Waals surface area contributed by atoms with Crippen molar-refractivity contribution < 1.29 is 13.2 Å². The molecule has 1 aliphatic rings. The Balaban J connectivity index is 1.68. The summed E-state index contributed by atoms with van der Waals surface area (Å²) < 4.78 is 27.3. The summed E-state index contributed by atoms with van der Waals surface area (Å²) in [6, 6.07) is 14.4. The van der Waals surface area contributed by atoms with E-state index in [2.05, 4.69) is 5.32 Å². The van der Waals surface area contributed by atoms with E-state index >= 15 is 0 Å². The van der Waals surface area contributed by atoms with E-state index in [4.69, 9.17) is 11.6 Å². The zero-order valence-electron chi connectivity index (χ0n) is 16.3. The highest BCUT2D eigenvalue weighted by atomic mass is 35.5. The van der Waals surface area contributed by atoms with Crippen molar-refractivity contribution in [1.29, 1.82) is 0 Å². The van der Waals surface area contributed by atoms with Crippen LogP contribution in [0.3, 0.4) is 0 Å². The molecule has 0 radical (unpaired) electrons. The van der Waals surface area contributed by atoms with Gasteiger partial charge in [0.1, 0.15) is 0 Å². The van der Waals surface area contributed by atoms with Crippen LogP contribution < -0.4 is 5.32 Å². The lowest BCUT2D eigenvalue weighted by atomic mass is 10.2. The molecule has 1 heterocycles. The number of anilines is 1. The summed E-state index contributed by atoms with van der Waals surface area (Å²) in [4.78, 5) is 12.8. The van der Waals surface area contributed by atoms with Crippen LogP contribution in [0.4, 0.5) is 5.69 Å². The molecular formula is C21H25ClN2O3S2. The molecule has 1 aliphatic heterocycles. The largest absolute Gasteiger partial charge is 0.324 e. The summed E-state index contributed by atoms with van der Waals surface area (Å²) in [6.45, 7) is 2.88. The molecule has 1 N–H and O–H groups in total. The fourth-order valence-corrected chi connectivity index (χ4v) is 5.67. The second-order valence-corrected chi connectivity index (χ2v) is 10.7. The Labute approximate surface area is 181 Å². The highest BCUT2D eigenvalue weighted by Crippen LogP contribution is 2.29. The Bertz CT molecular complexity index is 946. The van der Waals surface area contributed by atoms with E-state index in [9.17, 15) is 13.2 Å². The first-order valence-electron chi connectivity index (χ1n) is 9.64. The van der Waals surface area contributed by atoms with Gasteiger partial charge in [0.15, 0.2) is 0 Å². The van der Waals surface area contributed by atoms with Gasteiger partial charge in [0.25, 0.3) is 0 Å². The van der Waals surface area contributed by atoms with Gasteiger partial charge in [-0.15, -0.1) is 11.8 Å². The number of nitrogens with one attached hydrogen (secondary N) is 1. The molecule has 8 heteroatoms. The number of benzene rings is 2. The van der Waals surface area contributed by atoms with E-state index in [0.717, 1.165) is 24.8 Å². The maximum absolute atomic E-state index is 12.9. The lowest BCUT2D eigenvalue weighted by molar-refractivity contribution is -0.115. The molecule has 1 fully saturated rings. The fourth-order valence-electron chi connectivity index (χ4n) is 3.12. The standard InChI is InChI=1S/C21H25ClN2O3S2/c1-16(28-15-17-8-4-2-5-9-17)21(25)23-20-14-18(10-11-19(20)22)29(26,27)24-12-6-3-7-13-24/h2,4-5,8-11,14,16H,3,6-7,12-13,15H2,1H3,(H,23,25)/t16-/m1/s1. The van der Waals surface area contributed by atoms with Gasteiger partial charge >= 0.3 is 0 Å². The molecule has 2 aromatic carbocycles. The van der Waals surface area contributed by atoms with Crippen LogP contribution in [-0.4, -0.2) is 37.0 Å². The van der Waals surface area contributed by atoms with Gasteiger partial charge in [-0.3, -0.25) is 4.79 Å². The third kappa shape index (κ3) is 5.75. The first kappa shape index (κ1) is 22.2. The van der Waals surface area contributed by atoms with Crippen LogP contribution in [-0.2, 0) is 20.6 Å². The van der Waals surface area contributed by atoms with E-state index in [1.54, 1.807) is 0 Å². The molecule has 3 rings (SSSR count). The second kappa shape index (κ2) is 9.98. The van der Waals surface area contributed by atoms with E-state index < -0.39 is 10.0 Å². The van der Waals surface area contributed by atoms with Gasteiger partial charge in [0, 0.05) is 18.8 Å². The van der Waals surface area contributed by atoms with Gasteiger partial charge in [-0.05, 0) is 43.5 Å². The topological polar surface area (TPSA) is 66.5 Å². The summed E-state index contributed by atoms with van der Waals surface area (Å²) in [5, 5.41) is 2.79. The molecule has 0 unspecified atom stereocenters. The summed E-state index contributed by atoms with van der Waals surface area (Å²) in [6.07, 6.45) is 2.78. The van der Waals surface area contributed by atoms with Crippen molar-refractivity contribution in [1.82, 2.24) is 4.31 Å². The second-order valence-electron chi connectivity index (χ2n) is 7.03. The fraction of sp³-hybridized carbons (Fsp3) is 0.381. The molecule has 1 saturated heterocycles. The quantitative estimate of drug-likeness (QED) is 0.656. The number of rotatable bonds is 7. The molecule has 1 amide bonds. The minimum Gasteiger partial charge on any atom is -0.324 e. The van der Waals surface area contributed by atoms with Crippen molar-refractivity contribution >= 4 is 45.0 Å². The summed E-state index contributed by atoms with van der Waals surface area (Å²) in [5.74, 6) is 0.507. The van der Waals surface area contributed by atoms with Crippen molar-refractivity contribution in [3.63, 3.8) is 0 Å². The van der Waals surface area contributed by atoms with E-state index in [0.29, 0.717) is 29.6 Å². The highest BCUT2D eigenvalue weighted by molar-refractivity contribution is 7.99. The lowest BCUT2D eigenvalue weighted by Crippen LogP contribution is -2.35. The number of thioether (sulfide) groups is 1. The van der Waals surface area contributed by atoms with Crippen molar-refractivity contribution in [2.45, 2.75) is 42.1 Å². The molecule has 1 atom stereocenters. The molecule has 0 aliphatic carbocycles. The average molecular weight is 453 g/mol. The average Bonchev–Trinajstić information content (AvgIpc) is 2.74. The van der Waals surface area contributed by atoms with Crippen LogP contribution in [0.5, 0.6) is 0 Å². The number of carbonyl (C=O) groups is 1. The van der Waals surface area contributed by atoms with Crippen LogP contribution in [0, 0.1) is 0 Å². The minimum absolute atomic E-state index is 0.156. The molecule has 0 spiro atoms. The van der Waals surface area contributed by atoms with Crippen LogP contribution in [0.2, 0.25) is 5.02 Å². The van der Waals surface area contributed by atoms with Gasteiger partial charge in [-0.2, -0.15) is 4.31 Å². The Hall–Kier alpha value is -1.54. The highest BCUT2D eigenvalue weighted by Gasteiger charge is 2.27. The van der Waals surface area contributed by atoms with Gasteiger partial charge in [0.2, 0.25) is 15.9 Å². The Morgan fingerprint density at radius 1 is 1.14 bits per heavy atom. The maximum atomic E-state index is 12.9. The third-order valence-electron chi connectivity index (χ3n) is 4.86. The number of hydrogen-bond acceptors (Lipinski definition) is 4. The van der Waals surface area contributed by atoms with Gasteiger partial charge in [-0.1, -0.05) is 48.4 Å². The number of carbonyl (C=O) groups excluding carboxylic acids is 1. The Morgan fingerprint density at radius 2 is 1.83 bits per heavy atom. The Kier molecular flexibility index (Phi) is 7.62. The zero-order valence-corrected chi connectivity index (χ0v) is 18.7. The van der Waals surface area contributed by atoms with Crippen LogP contribution >= 0.6 is 23.4 Å². The molecule has 0 aromatic heterocycles. The van der Waals surface area contributed by atoms with Gasteiger partial charge in [-0.25, -0.2) is 8.42 Å². The number of amides is 1. The van der Waals surface area contributed by atoms with Gasteiger partial charge < -0.3 is 5.32 Å². The molecule has 5 nitrogen and oxygen atoms in total. The normalized spacial score (nSPS) is 16.3. The molecule has 0 bridgehead atoms. The number of sulfonamides is 1. The van der Waals surface area contributed by atoms with E-state index in [1.807, 2.05) is 37.3 Å². The molecule has 29 heavy (non-hydrogen) atoms. The number of piperidine rings is 1. The summed E-state index contributed by atoms with van der Waals surface area (Å²) in [7, 11) is -3.59. The molecule has 156 valence electrons. The van der Waals surface area contributed by atoms with Crippen LogP contribution in [0.15, 0.2) is 53.4 Å². The summed E-state index contributed by atoms with van der Waals surface area (Å²) >= 11 is 7.74. The number of halogens is 1. The van der Waals surface area contributed by atoms with E-state index in [-0.39, 0.29) is 16.1 Å². The molecule has 2 aromatic rings. The smallest absolute Gasteiger partial charge is 0.243 e. The first-order chi connectivity index (χ1) is 13.9. The predicted molar refractivity (Wildman–Crippen MR) is 120 cm³/mol. The minimum atomic E-state index is -3.59. The predicted octanol–water partition coefficient (Wildman–Crippen LogP) is 4.78. The van der Waals surface area contributed by atoms with Crippen LogP contribution in [0.1, 0.15) is 31.7 Å². The SMILES string of the molecule is C[C@@H](SCc1ccccc1)C(=O)Nc1cc(S(=O)(=O)N2CCCCC2)ccc1Cl. The number of hydrogen-bond donors (Lipinski definition) is 1. The first-order valence-corrected chi connectivity index (χ1v) is 12.5. The third-order valence-corrected chi connectivity index (χ3v) is 8.30. The van der Waals surface area contributed by atoms with E-state index in [1.165, 1.54) is 34.3 Å². The molecule has 0 saturated carbocycles. The van der Waals surface area contributed by atoms with Crippen LogP contribution in [0.25, 0.3) is 0 Å². The Morgan fingerprint density at radius 3 is 2.52 bits per heavy atom. The van der Waals surface area contributed by atoms with Crippen molar-refractivity contribution in [3.8, 4) is 0 Å². The maximum Gasteiger partial charge on any atom is 0.243 e. The zero-order chi connectivity index (χ0) is 20.9. The van der Waals surface area contributed by atoms with Crippen molar-refractivity contribution in [2.75, 3.05) is 18.4 Å². The molecular weight excluding hydrogens is 428 g/mol. The summed E-state index contributed by atoms with van der Waals surface area (Å²) in [5.41, 5.74) is 1.46. The van der Waals surface area contributed by atoms with Crippen molar-refractivity contribution in [3.05, 3.63) is 59.1 Å². The monoisotopic (exact) mass is 452 g/mol. The number of nitrogens with zero attached hydrogens (tertiary/aromatic N) is 1. The van der Waals surface area contributed by atoms with Gasteiger partial charge in [0.05, 0.1) is 20.9 Å².